The van der Waals surface area contributed by atoms with Gasteiger partial charge in [-0.15, -0.1) is 0 Å². The van der Waals surface area contributed by atoms with Gasteiger partial charge in [-0.2, -0.15) is 0 Å². The zero-order valence-corrected chi connectivity index (χ0v) is 42.8. The molecule has 6 heteroatoms. The topological polar surface area (TPSA) is 95.9 Å². The van der Waals surface area contributed by atoms with Gasteiger partial charge in [0.1, 0.15) is 0 Å². The molecule has 0 aliphatic rings. The number of ether oxygens (including phenoxy) is 1. The van der Waals surface area contributed by atoms with Crippen LogP contribution in [0.3, 0.4) is 0 Å². The standard InChI is InChI=1S/C58H109NO5/c1-3-5-7-9-11-13-15-17-23-26-30-34-38-42-46-50-56(61)55(54-60)59-57(62)51-47-43-39-35-31-27-24-21-19-20-22-25-29-33-37-41-45-49-53-64-58(63)52-48-44-40-36-32-28-18-16-14-12-10-8-6-4-2/h16,18,21,24,46,50,55-56,60-61H,3-15,17,19-20,22-23,25-45,47-49,51-54H2,1-2H3,(H,59,62)/b18-16-,24-21-,50-46+. The van der Waals surface area contributed by atoms with Crippen LogP contribution in [0.25, 0.3) is 0 Å². The van der Waals surface area contributed by atoms with Crippen LogP contribution in [0.2, 0.25) is 0 Å². The van der Waals surface area contributed by atoms with Crippen molar-refractivity contribution in [1.29, 1.82) is 0 Å². The second kappa shape index (κ2) is 53.7. The first-order valence-electron chi connectivity index (χ1n) is 28.3. The van der Waals surface area contributed by atoms with Crippen LogP contribution in [0.15, 0.2) is 36.5 Å². The van der Waals surface area contributed by atoms with Crippen LogP contribution in [0.4, 0.5) is 0 Å². The Morgan fingerprint density at radius 1 is 0.422 bits per heavy atom. The lowest BCUT2D eigenvalue weighted by Gasteiger charge is -2.20. The zero-order chi connectivity index (χ0) is 46.5. The molecule has 0 fully saturated rings. The summed E-state index contributed by atoms with van der Waals surface area (Å²) in [6.07, 6.45) is 65.8. The second-order valence-corrected chi connectivity index (χ2v) is 19.3. The molecular weight excluding hydrogens is 791 g/mol. The van der Waals surface area contributed by atoms with E-state index in [2.05, 4.69) is 43.5 Å². The van der Waals surface area contributed by atoms with Crippen molar-refractivity contribution in [3.63, 3.8) is 0 Å². The van der Waals surface area contributed by atoms with Gasteiger partial charge in [0.15, 0.2) is 0 Å². The van der Waals surface area contributed by atoms with E-state index in [1.165, 1.54) is 205 Å². The lowest BCUT2D eigenvalue weighted by Crippen LogP contribution is -2.45. The Bertz CT molecular complexity index is 1040. The highest BCUT2D eigenvalue weighted by Gasteiger charge is 2.18. The number of amides is 1. The van der Waals surface area contributed by atoms with E-state index >= 15 is 0 Å². The largest absolute Gasteiger partial charge is 0.466 e. The van der Waals surface area contributed by atoms with Crippen LogP contribution >= 0.6 is 0 Å². The van der Waals surface area contributed by atoms with Crippen LogP contribution in [-0.4, -0.2) is 47.4 Å². The quantitative estimate of drug-likeness (QED) is 0.0321. The van der Waals surface area contributed by atoms with Crippen LogP contribution in [0.5, 0.6) is 0 Å². The Labute approximate surface area is 398 Å². The minimum absolute atomic E-state index is 0.00675. The van der Waals surface area contributed by atoms with Crippen LogP contribution in [0, 0.1) is 0 Å². The van der Waals surface area contributed by atoms with E-state index in [-0.39, 0.29) is 18.5 Å². The molecule has 0 aromatic rings. The molecule has 64 heavy (non-hydrogen) atoms. The molecule has 0 aromatic carbocycles. The first kappa shape index (κ1) is 62.1. The molecule has 0 saturated heterocycles. The van der Waals surface area contributed by atoms with Gasteiger partial charge in [0, 0.05) is 12.8 Å². The van der Waals surface area contributed by atoms with E-state index in [0.29, 0.717) is 19.4 Å². The molecule has 376 valence electrons. The Hall–Kier alpha value is -1.92. The number of hydrogen-bond donors (Lipinski definition) is 3. The van der Waals surface area contributed by atoms with Crippen molar-refractivity contribution >= 4 is 11.9 Å². The molecule has 3 N–H and O–H groups in total. The predicted octanol–water partition coefficient (Wildman–Crippen LogP) is 17.2. The molecule has 0 spiro atoms. The summed E-state index contributed by atoms with van der Waals surface area (Å²) < 4.78 is 5.46. The summed E-state index contributed by atoms with van der Waals surface area (Å²) in [6.45, 7) is 4.88. The number of aliphatic hydroxyl groups is 2. The Balaban J connectivity index is 3.48. The van der Waals surface area contributed by atoms with Gasteiger partial charge in [0.2, 0.25) is 5.91 Å². The summed E-state index contributed by atoms with van der Waals surface area (Å²) in [5, 5.41) is 23.1. The van der Waals surface area contributed by atoms with E-state index in [0.717, 1.165) is 64.2 Å². The van der Waals surface area contributed by atoms with Crippen molar-refractivity contribution in [2.75, 3.05) is 13.2 Å². The van der Waals surface area contributed by atoms with Gasteiger partial charge in [-0.3, -0.25) is 9.59 Å². The highest BCUT2D eigenvalue weighted by atomic mass is 16.5. The average molecular weight is 901 g/mol. The molecule has 0 aliphatic carbocycles. The maximum Gasteiger partial charge on any atom is 0.305 e. The Morgan fingerprint density at radius 3 is 1.11 bits per heavy atom. The van der Waals surface area contributed by atoms with Crippen molar-refractivity contribution in [3.8, 4) is 0 Å². The molecule has 0 bridgehead atoms. The third-order valence-electron chi connectivity index (χ3n) is 12.9. The number of esters is 1. The highest BCUT2D eigenvalue weighted by molar-refractivity contribution is 5.76. The molecule has 0 saturated carbocycles. The molecule has 2 atom stereocenters. The van der Waals surface area contributed by atoms with E-state index in [9.17, 15) is 19.8 Å². The number of aliphatic hydroxyl groups excluding tert-OH is 2. The van der Waals surface area contributed by atoms with E-state index < -0.39 is 12.1 Å². The van der Waals surface area contributed by atoms with Gasteiger partial charge in [-0.25, -0.2) is 0 Å². The minimum atomic E-state index is -0.853. The van der Waals surface area contributed by atoms with E-state index in [1.807, 2.05) is 6.08 Å². The van der Waals surface area contributed by atoms with Gasteiger partial charge in [-0.1, -0.05) is 237 Å². The summed E-state index contributed by atoms with van der Waals surface area (Å²) >= 11 is 0. The fourth-order valence-corrected chi connectivity index (χ4v) is 8.50. The summed E-state index contributed by atoms with van der Waals surface area (Å²) in [4.78, 5) is 24.5. The lowest BCUT2D eigenvalue weighted by atomic mass is 10.0. The number of allylic oxidation sites excluding steroid dienone is 5. The minimum Gasteiger partial charge on any atom is -0.466 e. The summed E-state index contributed by atoms with van der Waals surface area (Å²) in [6, 6.07) is -0.638. The van der Waals surface area contributed by atoms with Crippen molar-refractivity contribution < 1.29 is 24.5 Å². The third kappa shape index (κ3) is 49.5. The van der Waals surface area contributed by atoms with Gasteiger partial charge < -0.3 is 20.3 Å². The van der Waals surface area contributed by atoms with Crippen molar-refractivity contribution in [2.24, 2.45) is 0 Å². The third-order valence-corrected chi connectivity index (χ3v) is 12.9. The molecule has 2 unspecified atom stereocenters. The van der Waals surface area contributed by atoms with E-state index in [4.69, 9.17) is 4.74 Å². The molecule has 0 rings (SSSR count). The number of unbranched alkanes of at least 4 members (excludes halogenated alkanes) is 37. The summed E-state index contributed by atoms with van der Waals surface area (Å²) in [5.74, 6) is -0.0890. The van der Waals surface area contributed by atoms with Gasteiger partial charge in [0.25, 0.3) is 0 Å². The van der Waals surface area contributed by atoms with Crippen LogP contribution in [0.1, 0.15) is 296 Å². The number of nitrogens with one attached hydrogen (secondary N) is 1. The van der Waals surface area contributed by atoms with Crippen molar-refractivity contribution in [1.82, 2.24) is 5.32 Å². The van der Waals surface area contributed by atoms with E-state index in [1.54, 1.807) is 6.08 Å². The first-order valence-corrected chi connectivity index (χ1v) is 28.3. The second-order valence-electron chi connectivity index (χ2n) is 19.3. The van der Waals surface area contributed by atoms with Gasteiger partial charge >= 0.3 is 5.97 Å². The number of carbonyl (C=O) groups is 2. The van der Waals surface area contributed by atoms with Gasteiger partial charge in [0.05, 0.1) is 25.4 Å². The highest BCUT2D eigenvalue weighted by Crippen LogP contribution is 2.16. The van der Waals surface area contributed by atoms with Crippen molar-refractivity contribution in [2.45, 2.75) is 309 Å². The molecular formula is C58H109NO5. The monoisotopic (exact) mass is 900 g/mol. The maximum atomic E-state index is 12.4. The zero-order valence-electron chi connectivity index (χ0n) is 42.8. The molecule has 0 aromatic heterocycles. The fourth-order valence-electron chi connectivity index (χ4n) is 8.50. The SMILES string of the molecule is CCCCCCC/C=C\CCCCCCCC(=O)OCCCCCCCCCCC/C=C\CCCCCCCC(=O)NC(CO)C(O)/C=C/CCCCCCCCCCCCCCC. The molecule has 0 aliphatic heterocycles. The van der Waals surface area contributed by atoms with Crippen LogP contribution < -0.4 is 5.32 Å². The normalized spacial score (nSPS) is 12.9. The fraction of sp³-hybridized carbons (Fsp3) is 0.862. The average Bonchev–Trinajstić information content (AvgIpc) is 3.29. The number of rotatable bonds is 52. The number of hydrogen-bond acceptors (Lipinski definition) is 5. The maximum absolute atomic E-state index is 12.4. The summed E-state index contributed by atoms with van der Waals surface area (Å²) in [5.41, 5.74) is 0. The Morgan fingerprint density at radius 2 is 0.734 bits per heavy atom. The Kier molecular flexibility index (Phi) is 52.1. The molecule has 6 nitrogen and oxygen atoms in total. The van der Waals surface area contributed by atoms with Crippen LogP contribution in [-0.2, 0) is 14.3 Å². The predicted molar refractivity (Wildman–Crippen MR) is 278 cm³/mol. The number of carbonyl (C=O) groups excluding carboxylic acids is 2. The molecule has 0 heterocycles. The van der Waals surface area contributed by atoms with Gasteiger partial charge in [-0.05, 0) is 83.5 Å². The lowest BCUT2D eigenvalue weighted by molar-refractivity contribution is -0.143. The first-order chi connectivity index (χ1) is 31.5. The summed E-state index contributed by atoms with van der Waals surface area (Å²) in [7, 11) is 0. The molecule has 1 amide bonds. The van der Waals surface area contributed by atoms with Crippen molar-refractivity contribution in [3.05, 3.63) is 36.5 Å². The molecule has 0 radical (unpaired) electrons. The smallest absolute Gasteiger partial charge is 0.305 e.